The van der Waals surface area contributed by atoms with Crippen LogP contribution >= 0.6 is 11.6 Å². The molecule has 2 heterocycles. The number of carbonyl (C=O) groups excluding carboxylic acids is 3. The van der Waals surface area contributed by atoms with Gasteiger partial charge in [0.1, 0.15) is 6.61 Å². The molecule has 1 N–H and O–H groups in total. The van der Waals surface area contributed by atoms with E-state index < -0.39 is 0 Å². The van der Waals surface area contributed by atoms with Crippen LogP contribution in [0.1, 0.15) is 10.4 Å². The standard InChI is InChI=1S/C22H23ClN4O4/c23-17-3-7-18(8-4-17)25-9-11-26(12-10-25)20(28)15-24-21(29)16-1-5-19(6-2-16)27-13-14-31-22(27)30/h1-8H,9-15H2,(H,24,29). The summed E-state index contributed by atoms with van der Waals surface area (Å²) >= 11 is 5.94. The van der Waals surface area contributed by atoms with Crippen molar-refractivity contribution in [3.05, 3.63) is 59.1 Å². The molecule has 4 rings (SSSR count). The fourth-order valence-corrected chi connectivity index (χ4v) is 3.78. The number of hydrogen-bond acceptors (Lipinski definition) is 5. The average molecular weight is 443 g/mol. The molecule has 2 saturated heterocycles. The fraction of sp³-hybridized carbons (Fsp3) is 0.318. The molecular weight excluding hydrogens is 420 g/mol. The van der Waals surface area contributed by atoms with Crippen LogP contribution < -0.4 is 15.1 Å². The molecule has 2 aliphatic rings. The van der Waals surface area contributed by atoms with E-state index in [1.54, 1.807) is 29.2 Å². The van der Waals surface area contributed by atoms with Gasteiger partial charge in [-0.1, -0.05) is 11.6 Å². The smallest absolute Gasteiger partial charge is 0.414 e. The Balaban J connectivity index is 1.24. The van der Waals surface area contributed by atoms with Gasteiger partial charge >= 0.3 is 6.09 Å². The van der Waals surface area contributed by atoms with Gasteiger partial charge in [-0.3, -0.25) is 14.5 Å². The minimum atomic E-state index is -0.390. The summed E-state index contributed by atoms with van der Waals surface area (Å²) in [5.41, 5.74) is 2.18. The summed E-state index contributed by atoms with van der Waals surface area (Å²) in [6.45, 7) is 3.43. The highest BCUT2D eigenvalue weighted by atomic mass is 35.5. The number of carbonyl (C=O) groups is 3. The first-order valence-electron chi connectivity index (χ1n) is 10.1. The molecule has 2 aromatic rings. The van der Waals surface area contributed by atoms with Crippen LogP contribution in [0.5, 0.6) is 0 Å². The van der Waals surface area contributed by atoms with E-state index in [2.05, 4.69) is 10.2 Å². The number of anilines is 2. The van der Waals surface area contributed by atoms with Gasteiger partial charge in [0, 0.05) is 48.1 Å². The van der Waals surface area contributed by atoms with Crippen molar-refractivity contribution in [1.29, 1.82) is 0 Å². The number of ether oxygens (including phenoxy) is 1. The third kappa shape index (κ3) is 4.91. The SMILES string of the molecule is O=C(NCC(=O)N1CCN(c2ccc(Cl)cc2)CC1)c1ccc(N2CCOC2=O)cc1. The van der Waals surface area contributed by atoms with Gasteiger partial charge in [0.25, 0.3) is 5.91 Å². The molecule has 0 aliphatic carbocycles. The molecule has 31 heavy (non-hydrogen) atoms. The van der Waals surface area contributed by atoms with Crippen molar-refractivity contribution in [1.82, 2.24) is 10.2 Å². The minimum Gasteiger partial charge on any atom is -0.447 e. The van der Waals surface area contributed by atoms with E-state index in [1.165, 1.54) is 4.90 Å². The predicted octanol–water partition coefficient (Wildman–Crippen LogP) is 2.38. The van der Waals surface area contributed by atoms with E-state index in [0.29, 0.717) is 42.5 Å². The summed E-state index contributed by atoms with van der Waals surface area (Å²) in [7, 11) is 0. The lowest BCUT2D eigenvalue weighted by Crippen LogP contribution is -2.51. The summed E-state index contributed by atoms with van der Waals surface area (Å²) < 4.78 is 4.91. The second-order valence-electron chi connectivity index (χ2n) is 7.34. The van der Waals surface area contributed by atoms with Gasteiger partial charge in [0.2, 0.25) is 5.91 Å². The van der Waals surface area contributed by atoms with E-state index in [0.717, 1.165) is 18.8 Å². The number of cyclic esters (lactones) is 1. The van der Waals surface area contributed by atoms with Crippen LogP contribution in [0.2, 0.25) is 5.02 Å². The van der Waals surface area contributed by atoms with Gasteiger partial charge in [0.05, 0.1) is 13.1 Å². The van der Waals surface area contributed by atoms with Crippen molar-refractivity contribution in [2.75, 3.05) is 55.7 Å². The molecule has 2 aromatic carbocycles. The van der Waals surface area contributed by atoms with Gasteiger partial charge in [-0.2, -0.15) is 0 Å². The van der Waals surface area contributed by atoms with Crippen LogP contribution in [0.25, 0.3) is 0 Å². The minimum absolute atomic E-state index is 0.0556. The number of amides is 3. The lowest BCUT2D eigenvalue weighted by Gasteiger charge is -2.36. The molecule has 0 spiro atoms. The van der Waals surface area contributed by atoms with Crippen LogP contribution in [0.4, 0.5) is 16.2 Å². The first-order valence-corrected chi connectivity index (χ1v) is 10.5. The maximum absolute atomic E-state index is 12.5. The topological polar surface area (TPSA) is 82.2 Å². The third-order valence-electron chi connectivity index (χ3n) is 5.43. The molecule has 2 fully saturated rings. The van der Waals surface area contributed by atoms with E-state index in [1.807, 2.05) is 24.3 Å². The Bertz CT molecular complexity index is 956. The van der Waals surface area contributed by atoms with Crippen molar-refractivity contribution in [2.24, 2.45) is 0 Å². The normalized spacial score (nSPS) is 16.3. The van der Waals surface area contributed by atoms with Crippen LogP contribution in [-0.4, -0.2) is 68.7 Å². The molecule has 162 valence electrons. The Labute approximate surface area is 185 Å². The zero-order valence-electron chi connectivity index (χ0n) is 16.9. The lowest BCUT2D eigenvalue weighted by molar-refractivity contribution is -0.130. The molecule has 0 atom stereocenters. The van der Waals surface area contributed by atoms with Crippen molar-refractivity contribution < 1.29 is 19.1 Å². The van der Waals surface area contributed by atoms with Crippen LogP contribution in [-0.2, 0) is 9.53 Å². The Kier molecular flexibility index (Phi) is 6.27. The Morgan fingerprint density at radius 2 is 1.55 bits per heavy atom. The first-order chi connectivity index (χ1) is 15.0. The Morgan fingerprint density at radius 1 is 0.903 bits per heavy atom. The largest absolute Gasteiger partial charge is 0.447 e. The summed E-state index contributed by atoms with van der Waals surface area (Å²) in [5.74, 6) is -0.441. The second-order valence-corrected chi connectivity index (χ2v) is 7.78. The van der Waals surface area contributed by atoms with Gasteiger partial charge in [-0.25, -0.2) is 4.79 Å². The molecular formula is C22H23ClN4O4. The van der Waals surface area contributed by atoms with Gasteiger partial charge in [-0.15, -0.1) is 0 Å². The zero-order valence-corrected chi connectivity index (χ0v) is 17.7. The number of benzene rings is 2. The van der Waals surface area contributed by atoms with E-state index in [9.17, 15) is 14.4 Å². The van der Waals surface area contributed by atoms with Gasteiger partial charge < -0.3 is 19.9 Å². The average Bonchev–Trinajstić information content (AvgIpc) is 3.24. The fourth-order valence-electron chi connectivity index (χ4n) is 3.66. The van der Waals surface area contributed by atoms with Crippen molar-refractivity contribution in [3.63, 3.8) is 0 Å². The Morgan fingerprint density at radius 3 is 2.16 bits per heavy atom. The zero-order chi connectivity index (χ0) is 21.8. The van der Waals surface area contributed by atoms with E-state index in [4.69, 9.17) is 16.3 Å². The van der Waals surface area contributed by atoms with Crippen molar-refractivity contribution in [3.8, 4) is 0 Å². The molecule has 0 bridgehead atoms. The molecule has 0 unspecified atom stereocenters. The van der Waals surface area contributed by atoms with E-state index >= 15 is 0 Å². The van der Waals surface area contributed by atoms with Crippen molar-refractivity contribution in [2.45, 2.75) is 0 Å². The van der Waals surface area contributed by atoms with Crippen molar-refractivity contribution >= 4 is 40.9 Å². The highest BCUT2D eigenvalue weighted by Gasteiger charge is 2.24. The lowest BCUT2D eigenvalue weighted by atomic mass is 10.2. The Hall–Kier alpha value is -3.26. The quantitative estimate of drug-likeness (QED) is 0.768. The maximum atomic E-state index is 12.5. The summed E-state index contributed by atoms with van der Waals surface area (Å²) in [6.07, 6.45) is -0.390. The number of nitrogens with one attached hydrogen (secondary N) is 1. The molecule has 8 nitrogen and oxygen atoms in total. The number of halogens is 1. The molecule has 0 aromatic heterocycles. The predicted molar refractivity (Wildman–Crippen MR) is 118 cm³/mol. The molecule has 0 radical (unpaired) electrons. The summed E-state index contributed by atoms with van der Waals surface area (Å²) in [4.78, 5) is 42.0. The molecule has 0 saturated carbocycles. The monoisotopic (exact) mass is 442 g/mol. The summed E-state index contributed by atoms with van der Waals surface area (Å²) in [6, 6.07) is 14.3. The number of rotatable bonds is 5. The highest BCUT2D eigenvalue weighted by Crippen LogP contribution is 2.20. The molecule has 9 heteroatoms. The van der Waals surface area contributed by atoms with Gasteiger partial charge in [-0.05, 0) is 48.5 Å². The molecule has 3 amide bonds. The van der Waals surface area contributed by atoms with Crippen LogP contribution in [0, 0.1) is 0 Å². The second kappa shape index (κ2) is 9.26. The third-order valence-corrected chi connectivity index (χ3v) is 5.68. The number of hydrogen-bond donors (Lipinski definition) is 1. The van der Waals surface area contributed by atoms with Crippen LogP contribution in [0.15, 0.2) is 48.5 Å². The molecule has 2 aliphatic heterocycles. The highest BCUT2D eigenvalue weighted by molar-refractivity contribution is 6.30. The summed E-state index contributed by atoms with van der Waals surface area (Å²) in [5, 5.41) is 3.38. The number of nitrogens with zero attached hydrogens (tertiary/aromatic N) is 3. The first kappa shape index (κ1) is 21.0. The van der Waals surface area contributed by atoms with E-state index in [-0.39, 0.29) is 24.5 Å². The number of piperazine rings is 1. The maximum Gasteiger partial charge on any atom is 0.414 e. The van der Waals surface area contributed by atoms with Gasteiger partial charge in [0.15, 0.2) is 0 Å². The van der Waals surface area contributed by atoms with Crippen LogP contribution in [0.3, 0.4) is 0 Å².